The van der Waals surface area contributed by atoms with Crippen LogP contribution in [0.2, 0.25) is 0 Å². The zero-order valence-electron chi connectivity index (χ0n) is 12.8. The van der Waals surface area contributed by atoms with Crippen LogP contribution in [-0.2, 0) is 9.59 Å². The Hall–Kier alpha value is -1.82. The lowest BCUT2D eigenvalue weighted by atomic mass is 9.78. The molecule has 1 N–H and O–H groups in total. The van der Waals surface area contributed by atoms with Crippen molar-refractivity contribution in [2.75, 3.05) is 6.54 Å². The second-order valence-electron chi connectivity index (χ2n) is 6.25. The molecule has 1 aromatic rings. The molecule has 2 atom stereocenters. The number of carbonyl (C=O) groups is 2. The van der Waals surface area contributed by atoms with Gasteiger partial charge in [-0.3, -0.25) is 14.5 Å². The number of hydrogen-bond donors (Lipinski definition) is 1. The SMILES string of the molecule is CC(C)[C@]1(C)CC(=O)N(C[C@H](O)c2ccc(F)c(F)c2)C1=O. The number of aliphatic hydroxyl groups excluding tert-OH is 1. The molecule has 0 aliphatic carbocycles. The van der Waals surface area contributed by atoms with Gasteiger partial charge in [0.2, 0.25) is 11.8 Å². The van der Waals surface area contributed by atoms with Crippen LogP contribution < -0.4 is 0 Å². The number of benzene rings is 1. The van der Waals surface area contributed by atoms with Gasteiger partial charge in [0.05, 0.1) is 18.1 Å². The van der Waals surface area contributed by atoms with Gasteiger partial charge < -0.3 is 5.11 Å². The molecule has 2 amide bonds. The van der Waals surface area contributed by atoms with E-state index in [4.69, 9.17) is 0 Å². The van der Waals surface area contributed by atoms with Crippen molar-refractivity contribution in [1.29, 1.82) is 0 Å². The molecule has 0 bridgehead atoms. The fourth-order valence-corrected chi connectivity index (χ4v) is 2.54. The fourth-order valence-electron chi connectivity index (χ4n) is 2.54. The van der Waals surface area contributed by atoms with E-state index in [-0.39, 0.29) is 36.3 Å². The van der Waals surface area contributed by atoms with Gasteiger partial charge in [0.15, 0.2) is 11.6 Å². The average molecular weight is 311 g/mol. The lowest BCUT2D eigenvalue weighted by molar-refractivity contribution is -0.143. The van der Waals surface area contributed by atoms with E-state index < -0.39 is 23.2 Å². The highest BCUT2D eigenvalue weighted by atomic mass is 19.2. The van der Waals surface area contributed by atoms with Gasteiger partial charge >= 0.3 is 0 Å². The lowest BCUT2D eigenvalue weighted by Gasteiger charge is -2.26. The largest absolute Gasteiger partial charge is 0.387 e. The summed E-state index contributed by atoms with van der Waals surface area (Å²) < 4.78 is 26.1. The summed E-state index contributed by atoms with van der Waals surface area (Å²) >= 11 is 0. The standard InChI is InChI=1S/C16H19F2NO3/c1-9(2)16(3)7-14(21)19(15(16)22)8-13(20)10-4-5-11(17)12(18)6-10/h4-6,9,13,20H,7-8H2,1-3H3/t13-,16-/m0/s1. The van der Waals surface area contributed by atoms with E-state index in [0.717, 1.165) is 17.0 Å². The smallest absolute Gasteiger partial charge is 0.235 e. The molecule has 120 valence electrons. The van der Waals surface area contributed by atoms with Crippen LogP contribution in [0, 0.1) is 23.0 Å². The number of rotatable bonds is 4. The van der Waals surface area contributed by atoms with Crippen LogP contribution in [0.3, 0.4) is 0 Å². The Balaban J connectivity index is 2.18. The maximum Gasteiger partial charge on any atom is 0.235 e. The second-order valence-corrected chi connectivity index (χ2v) is 6.25. The van der Waals surface area contributed by atoms with Crippen molar-refractivity contribution in [3.63, 3.8) is 0 Å². The predicted molar refractivity (Wildman–Crippen MR) is 75.6 cm³/mol. The number of carbonyl (C=O) groups excluding carboxylic acids is 2. The molecule has 1 fully saturated rings. The third kappa shape index (κ3) is 2.75. The summed E-state index contributed by atoms with van der Waals surface area (Å²) in [6, 6.07) is 3.00. The van der Waals surface area contributed by atoms with Gasteiger partial charge in [-0.1, -0.05) is 19.9 Å². The Morgan fingerprint density at radius 3 is 2.41 bits per heavy atom. The van der Waals surface area contributed by atoms with Crippen LogP contribution in [0.5, 0.6) is 0 Å². The molecule has 0 aromatic heterocycles. The van der Waals surface area contributed by atoms with Gasteiger partial charge in [0, 0.05) is 6.42 Å². The van der Waals surface area contributed by atoms with E-state index in [2.05, 4.69) is 0 Å². The summed E-state index contributed by atoms with van der Waals surface area (Å²) in [5.74, 6) is -2.81. The molecular formula is C16H19F2NO3. The summed E-state index contributed by atoms with van der Waals surface area (Å²) in [4.78, 5) is 25.5. The molecule has 0 spiro atoms. The third-order valence-corrected chi connectivity index (χ3v) is 4.51. The molecule has 1 aromatic carbocycles. The fraction of sp³-hybridized carbons (Fsp3) is 0.500. The minimum absolute atomic E-state index is 0.0191. The molecule has 2 rings (SSSR count). The van der Waals surface area contributed by atoms with Crippen LogP contribution in [0.15, 0.2) is 18.2 Å². The van der Waals surface area contributed by atoms with Crippen LogP contribution in [0.1, 0.15) is 38.9 Å². The van der Waals surface area contributed by atoms with E-state index in [9.17, 15) is 23.5 Å². The Bertz CT molecular complexity index is 617. The molecule has 1 aliphatic rings. The van der Waals surface area contributed by atoms with Crippen molar-refractivity contribution in [2.45, 2.75) is 33.3 Å². The number of halogens is 2. The van der Waals surface area contributed by atoms with Gasteiger partial charge in [0.25, 0.3) is 0 Å². The first-order valence-electron chi connectivity index (χ1n) is 7.14. The number of hydrogen-bond acceptors (Lipinski definition) is 3. The summed E-state index contributed by atoms with van der Waals surface area (Å²) in [6.45, 7) is 5.19. The molecule has 0 saturated carbocycles. The molecule has 1 saturated heterocycles. The third-order valence-electron chi connectivity index (χ3n) is 4.51. The first kappa shape index (κ1) is 16.5. The Morgan fingerprint density at radius 2 is 1.91 bits per heavy atom. The number of β-amino-alcohol motifs (C(OH)–C–C–N with tert-alkyl or cyclic N) is 1. The molecular weight excluding hydrogens is 292 g/mol. The van der Waals surface area contributed by atoms with Crippen LogP contribution in [0.25, 0.3) is 0 Å². The van der Waals surface area contributed by atoms with E-state index in [0.29, 0.717) is 0 Å². The molecule has 22 heavy (non-hydrogen) atoms. The highest BCUT2D eigenvalue weighted by Gasteiger charge is 2.50. The molecule has 0 radical (unpaired) electrons. The molecule has 1 aliphatic heterocycles. The highest BCUT2D eigenvalue weighted by Crippen LogP contribution is 2.39. The summed E-state index contributed by atoms with van der Waals surface area (Å²) in [5, 5.41) is 10.1. The summed E-state index contributed by atoms with van der Waals surface area (Å²) in [5.41, 5.74) is -0.664. The quantitative estimate of drug-likeness (QED) is 0.869. The Labute approximate surface area is 127 Å². The maximum absolute atomic E-state index is 13.2. The van der Waals surface area contributed by atoms with Crippen LogP contribution >= 0.6 is 0 Å². The Morgan fingerprint density at radius 1 is 1.27 bits per heavy atom. The van der Waals surface area contributed by atoms with Crippen molar-refractivity contribution in [3.8, 4) is 0 Å². The highest BCUT2D eigenvalue weighted by molar-refractivity contribution is 6.05. The van der Waals surface area contributed by atoms with Crippen LogP contribution in [-0.4, -0.2) is 28.4 Å². The lowest BCUT2D eigenvalue weighted by Crippen LogP contribution is -2.39. The first-order valence-corrected chi connectivity index (χ1v) is 7.14. The van der Waals surface area contributed by atoms with Crippen molar-refractivity contribution in [2.24, 2.45) is 11.3 Å². The molecule has 1 heterocycles. The number of aliphatic hydroxyl groups is 1. The average Bonchev–Trinajstić information content (AvgIpc) is 2.66. The van der Waals surface area contributed by atoms with E-state index in [1.54, 1.807) is 6.92 Å². The van der Waals surface area contributed by atoms with E-state index in [1.165, 1.54) is 6.07 Å². The summed E-state index contributed by atoms with van der Waals surface area (Å²) in [7, 11) is 0. The molecule has 4 nitrogen and oxygen atoms in total. The Kier molecular flexibility index (Phi) is 4.33. The zero-order chi connectivity index (χ0) is 16.7. The molecule has 0 unspecified atom stereocenters. The van der Waals surface area contributed by atoms with Gasteiger partial charge in [-0.15, -0.1) is 0 Å². The van der Waals surface area contributed by atoms with Gasteiger partial charge in [-0.2, -0.15) is 0 Å². The number of amides is 2. The van der Waals surface area contributed by atoms with E-state index in [1.807, 2.05) is 13.8 Å². The topological polar surface area (TPSA) is 57.6 Å². The van der Waals surface area contributed by atoms with Gasteiger partial charge in [-0.25, -0.2) is 8.78 Å². The minimum atomic E-state index is -1.25. The number of likely N-dealkylation sites (tertiary alicyclic amines) is 1. The van der Waals surface area contributed by atoms with Gasteiger partial charge in [0.1, 0.15) is 0 Å². The molecule has 6 heteroatoms. The van der Waals surface area contributed by atoms with Crippen molar-refractivity contribution < 1.29 is 23.5 Å². The monoisotopic (exact) mass is 311 g/mol. The first-order chi connectivity index (χ1) is 10.2. The predicted octanol–water partition coefficient (Wildman–Crippen LogP) is 2.42. The van der Waals surface area contributed by atoms with Crippen molar-refractivity contribution in [3.05, 3.63) is 35.4 Å². The van der Waals surface area contributed by atoms with Gasteiger partial charge in [-0.05, 0) is 30.5 Å². The minimum Gasteiger partial charge on any atom is -0.387 e. The summed E-state index contributed by atoms with van der Waals surface area (Å²) in [6.07, 6.45) is -1.16. The normalized spacial score (nSPS) is 23.5. The zero-order valence-corrected chi connectivity index (χ0v) is 12.8. The number of nitrogens with zero attached hydrogens (tertiary/aromatic N) is 1. The maximum atomic E-state index is 13.2. The van der Waals surface area contributed by atoms with Crippen molar-refractivity contribution >= 4 is 11.8 Å². The van der Waals surface area contributed by atoms with Crippen molar-refractivity contribution in [1.82, 2.24) is 4.90 Å². The van der Waals surface area contributed by atoms with E-state index >= 15 is 0 Å². The second kappa shape index (κ2) is 5.76. The number of imide groups is 1. The van der Waals surface area contributed by atoms with Crippen LogP contribution in [0.4, 0.5) is 8.78 Å².